The van der Waals surface area contributed by atoms with Crippen molar-refractivity contribution in [3.63, 3.8) is 0 Å². The highest BCUT2D eigenvalue weighted by molar-refractivity contribution is 6.37. The summed E-state index contributed by atoms with van der Waals surface area (Å²) >= 11 is 13.0. The van der Waals surface area contributed by atoms with Crippen LogP contribution in [-0.4, -0.2) is 4.98 Å². The predicted octanol–water partition coefficient (Wildman–Crippen LogP) is 6.09. The lowest BCUT2D eigenvalue weighted by Crippen LogP contribution is -2.47. The molecule has 3 nitrogen and oxygen atoms in total. The fourth-order valence-electron chi connectivity index (χ4n) is 3.85. The smallest absolute Gasteiger partial charge is 0.0909 e. The van der Waals surface area contributed by atoms with Crippen LogP contribution in [0.25, 0.3) is 10.9 Å². The summed E-state index contributed by atoms with van der Waals surface area (Å²) in [5, 5.41) is 15.3. The van der Waals surface area contributed by atoms with Gasteiger partial charge < -0.3 is 5.32 Å². The average Bonchev–Trinajstić information content (AvgIpc) is 2.62. The maximum atomic E-state index is 9.31. The SMILES string of the molecule is Cc1c(Cl)cccc1C1(Nc2ccc3cccnc3c2Cl)CC(C#N)C1. The second-order valence-electron chi connectivity index (χ2n) is 6.86. The molecule has 0 spiro atoms. The summed E-state index contributed by atoms with van der Waals surface area (Å²) in [6, 6.07) is 16.2. The summed E-state index contributed by atoms with van der Waals surface area (Å²) in [6.07, 6.45) is 3.19. The number of fused-ring (bicyclic) bond motifs is 1. The van der Waals surface area contributed by atoms with Crippen LogP contribution in [0.15, 0.2) is 48.7 Å². The van der Waals surface area contributed by atoms with Gasteiger partial charge in [-0.15, -0.1) is 0 Å². The van der Waals surface area contributed by atoms with Gasteiger partial charge in [0.15, 0.2) is 0 Å². The lowest BCUT2D eigenvalue weighted by molar-refractivity contribution is 0.218. The van der Waals surface area contributed by atoms with E-state index >= 15 is 0 Å². The van der Waals surface area contributed by atoms with Gasteiger partial charge >= 0.3 is 0 Å². The van der Waals surface area contributed by atoms with Crippen LogP contribution in [0.4, 0.5) is 5.69 Å². The minimum absolute atomic E-state index is 0.0261. The third-order valence-electron chi connectivity index (χ3n) is 5.24. The molecule has 1 aromatic heterocycles. The van der Waals surface area contributed by atoms with Gasteiger partial charge in [0.1, 0.15) is 0 Å². The van der Waals surface area contributed by atoms with Crippen LogP contribution in [0.2, 0.25) is 10.0 Å². The highest BCUT2D eigenvalue weighted by atomic mass is 35.5. The van der Waals surface area contributed by atoms with E-state index in [1.54, 1.807) is 6.20 Å². The monoisotopic (exact) mass is 381 g/mol. The van der Waals surface area contributed by atoms with Gasteiger partial charge in [-0.25, -0.2) is 0 Å². The number of pyridine rings is 1. The van der Waals surface area contributed by atoms with Crippen molar-refractivity contribution in [3.8, 4) is 6.07 Å². The van der Waals surface area contributed by atoms with E-state index in [-0.39, 0.29) is 11.5 Å². The second-order valence-corrected chi connectivity index (χ2v) is 7.64. The molecule has 0 atom stereocenters. The molecule has 0 bridgehead atoms. The zero-order chi connectivity index (χ0) is 18.3. The number of nitrogens with zero attached hydrogens (tertiary/aromatic N) is 2. The summed E-state index contributed by atoms with van der Waals surface area (Å²) in [4.78, 5) is 4.41. The standard InChI is InChI=1S/C21H17Cl2N3/c1-13-16(5-2-6-17(13)22)21(10-14(11-21)12-24)26-18-8-7-15-4-3-9-25-20(15)19(18)23/h2-9,14,26H,10-11H2,1H3. The highest BCUT2D eigenvalue weighted by Gasteiger charge is 2.47. The minimum atomic E-state index is -0.346. The number of rotatable bonds is 3. The van der Waals surface area contributed by atoms with Crippen molar-refractivity contribution in [2.24, 2.45) is 5.92 Å². The Morgan fingerprint density at radius 1 is 1.15 bits per heavy atom. The third-order valence-corrected chi connectivity index (χ3v) is 6.03. The molecule has 2 aromatic carbocycles. The molecule has 1 aliphatic carbocycles. The summed E-state index contributed by atoms with van der Waals surface area (Å²) in [5.74, 6) is 0.0261. The molecule has 0 aliphatic heterocycles. The molecule has 1 N–H and O–H groups in total. The fourth-order valence-corrected chi connectivity index (χ4v) is 4.29. The molecule has 130 valence electrons. The van der Waals surface area contributed by atoms with E-state index in [0.717, 1.165) is 45.6 Å². The van der Waals surface area contributed by atoms with E-state index in [9.17, 15) is 5.26 Å². The first-order chi connectivity index (χ1) is 12.5. The van der Waals surface area contributed by atoms with Gasteiger partial charge in [-0.1, -0.05) is 47.5 Å². The highest BCUT2D eigenvalue weighted by Crippen LogP contribution is 2.50. The van der Waals surface area contributed by atoms with Crippen molar-refractivity contribution in [1.29, 1.82) is 5.26 Å². The first-order valence-corrected chi connectivity index (χ1v) is 9.26. The van der Waals surface area contributed by atoms with Gasteiger partial charge in [-0.05, 0) is 49.1 Å². The van der Waals surface area contributed by atoms with E-state index < -0.39 is 0 Å². The number of hydrogen-bond donors (Lipinski definition) is 1. The van der Waals surface area contributed by atoms with E-state index in [1.807, 2.05) is 43.3 Å². The number of nitrogens with one attached hydrogen (secondary N) is 1. The molecule has 26 heavy (non-hydrogen) atoms. The molecule has 0 amide bonds. The molecular formula is C21H17Cl2N3. The van der Waals surface area contributed by atoms with Gasteiger partial charge in [0, 0.05) is 16.6 Å². The van der Waals surface area contributed by atoms with E-state index in [0.29, 0.717) is 5.02 Å². The quantitative estimate of drug-likeness (QED) is 0.596. The number of anilines is 1. The predicted molar refractivity (Wildman–Crippen MR) is 107 cm³/mol. The third kappa shape index (κ3) is 2.70. The Balaban J connectivity index is 1.79. The summed E-state index contributed by atoms with van der Waals surface area (Å²) in [7, 11) is 0. The molecule has 0 saturated heterocycles. The number of aromatic nitrogens is 1. The lowest BCUT2D eigenvalue weighted by atomic mass is 9.64. The zero-order valence-corrected chi connectivity index (χ0v) is 15.8. The number of hydrogen-bond acceptors (Lipinski definition) is 3. The Hall–Kier alpha value is -2.28. The largest absolute Gasteiger partial charge is 0.374 e. The topological polar surface area (TPSA) is 48.7 Å². The van der Waals surface area contributed by atoms with Crippen LogP contribution >= 0.6 is 23.2 Å². The molecule has 5 heteroatoms. The first kappa shape index (κ1) is 17.1. The van der Waals surface area contributed by atoms with Crippen LogP contribution in [0.3, 0.4) is 0 Å². The maximum Gasteiger partial charge on any atom is 0.0909 e. The Bertz CT molecular complexity index is 1030. The molecule has 4 rings (SSSR count). The molecule has 1 aliphatic rings. The summed E-state index contributed by atoms with van der Waals surface area (Å²) in [5.41, 5.74) is 3.41. The lowest BCUT2D eigenvalue weighted by Gasteiger charge is -2.47. The Morgan fingerprint density at radius 2 is 1.96 bits per heavy atom. The minimum Gasteiger partial charge on any atom is -0.374 e. The van der Waals surface area contributed by atoms with Gasteiger partial charge in [-0.3, -0.25) is 4.98 Å². The van der Waals surface area contributed by atoms with Gasteiger partial charge in [0.25, 0.3) is 0 Å². The number of benzene rings is 2. The maximum absolute atomic E-state index is 9.31. The van der Waals surface area contributed by atoms with Crippen LogP contribution < -0.4 is 5.32 Å². The molecule has 1 heterocycles. The van der Waals surface area contributed by atoms with E-state index in [4.69, 9.17) is 23.2 Å². The number of nitriles is 1. The fraction of sp³-hybridized carbons (Fsp3) is 0.238. The Labute approximate surface area is 162 Å². The molecule has 0 unspecified atom stereocenters. The second kappa shape index (κ2) is 6.46. The van der Waals surface area contributed by atoms with Gasteiger partial charge in [0.2, 0.25) is 0 Å². The molecule has 3 aromatic rings. The van der Waals surface area contributed by atoms with Crippen LogP contribution in [-0.2, 0) is 5.54 Å². The summed E-state index contributed by atoms with van der Waals surface area (Å²) < 4.78 is 0. The number of halogens is 2. The van der Waals surface area contributed by atoms with Crippen molar-refractivity contribution in [2.45, 2.75) is 25.3 Å². The Morgan fingerprint density at radius 3 is 2.73 bits per heavy atom. The van der Waals surface area contributed by atoms with Crippen LogP contribution in [0.5, 0.6) is 0 Å². The normalized spacial score (nSPS) is 21.8. The van der Waals surface area contributed by atoms with Gasteiger partial charge in [-0.2, -0.15) is 5.26 Å². The van der Waals surface area contributed by atoms with E-state index in [1.165, 1.54) is 0 Å². The van der Waals surface area contributed by atoms with E-state index in [2.05, 4.69) is 22.4 Å². The molecule has 1 fully saturated rings. The van der Waals surface area contributed by atoms with Crippen molar-refractivity contribution in [3.05, 3.63) is 69.8 Å². The van der Waals surface area contributed by atoms with Gasteiger partial charge in [0.05, 0.1) is 33.8 Å². The van der Waals surface area contributed by atoms with Crippen molar-refractivity contribution in [1.82, 2.24) is 4.98 Å². The van der Waals surface area contributed by atoms with Crippen molar-refractivity contribution in [2.75, 3.05) is 5.32 Å². The zero-order valence-electron chi connectivity index (χ0n) is 14.3. The van der Waals surface area contributed by atoms with Crippen molar-refractivity contribution >= 4 is 39.8 Å². The average molecular weight is 382 g/mol. The molecular weight excluding hydrogens is 365 g/mol. The Kier molecular flexibility index (Phi) is 4.26. The van der Waals surface area contributed by atoms with Crippen LogP contribution in [0.1, 0.15) is 24.0 Å². The molecule has 0 radical (unpaired) electrons. The van der Waals surface area contributed by atoms with Crippen molar-refractivity contribution < 1.29 is 0 Å². The first-order valence-electron chi connectivity index (χ1n) is 8.51. The van der Waals surface area contributed by atoms with Crippen LogP contribution in [0, 0.1) is 24.2 Å². The summed E-state index contributed by atoms with van der Waals surface area (Å²) in [6.45, 7) is 2.02. The molecule has 1 saturated carbocycles.